The van der Waals surface area contributed by atoms with Crippen molar-refractivity contribution in [2.45, 2.75) is 42.5 Å². The van der Waals surface area contributed by atoms with Crippen LogP contribution in [-0.2, 0) is 9.53 Å². The van der Waals surface area contributed by atoms with E-state index in [-0.39, 0.29) is 18.6 Å². The Morgan fingerprint density at radius 3 is 2.37 bits per heavy atom. The van der Waals surface area contributed by atoms with Crippen LogP contribution in [0.1, 0.15) is 42.6 Å². The van der Waals surface area contributed by atoms with Crippen LogP contribution in [0.4, 0.5) is 0 Å². The van der Waals surface area contributed by atoms with E-state index < -0.39 is 5.97 Å². The number of esters is 1. The summed E-state index contributed by atoms with van der Waals surface area (Å²) in [5, 5.41) is 12.1. The van der Waals surface area contributed by atoms with Crippen molar-refractivity contribution >= 4 is 23.6 Å². The monoisotopic (exact) mass is 382 g/mol. The molecule has 0 atom stereocenters. The molecular formula is C21H22N2O3S. The topological polar surface area (TPSA) is 79.2 Å². The molecule has 0 aliphatic heterocycles. The summed E-state index contributed by atoms with van der Waals surface area (Å²) in [4.78, 5) is 25.8. The van der Waals surface area contributed by atoms with Gasteiger partial charge < -0.3 is 10.1 Å². The van der Waals surface area contributed by atoms with E-state index in [1.807, 2.05) is 32.0 Å². The molecule has 0 unspecified atom stereocenters. The fourth-order valence-electron chi connectivity index (χ4n) is 2.46. The lowest BCUT2D eigenvalue weighted by Gasteiger charge is -2.15. The van der Waals surface area contributed by atoms with Gasteiger partial charge in [-0.2, -0.15) is 5.26 Å². The Kier molecular flexibility index (Phi) is 7.90. The van der Waals surface area contributed by atoms with Gasteiger partial charge in [0.2, 0.25) is 0 Å². The maximum atomic E-state index is 12.5. The lowest BCUT2D eigenvalue weighted by Crippen LogP contribution is -2.36. The highest BCUT2D eigenvalue weighted by atomic mass is 32.2. The van der Waals surface area contributed by atoms with Crippen molar-refractivity contribution in [3.05, 3.63) is 59.7 Å². The van der Waals surface area contributed by atoms with Gasteiger partial charge in [-0.15, -0.1) is 0 Å². The standard InChI is InChI=1S/C21H22N2O3S/c1-3-16(4-2)23-20(24)14-26-21(25)17-10-6-8-12-19(17)27-18-11-7-5-9-15(18)13-22/h5-12,16H,3-4,14H2,1-2H3,(H,23,24). The molecular weight excluding hydrogens is 360 g/mol. The number of rotatable bonds is 8. The van der Waals surface area contributed by atoms with Gasteiger partial charge in [0.25, 0.3) is 5.91 Å². The summed E-state index contributed by atoms with van der Waals surface area (Å²) in [6.45, 7) is 3.67. The minimum absolute atomic E-state index is 0.0847. The summed E-state index contributed by atoms with van der Waals surface area (Å²) in [5.41, 5.74) is 0.904. The summed E-state index contributed by atoms with van der Waals surface area (Å²) in [5.74, 6) is -0.871. The van der Waals surface area contributed by atoms with Crippen molar-refractivity contribution in [3.8, 4) is 6.07 Å². The predicted molar refractivity (Wildman–Crippen MR) is 105 cm³/mol. The second-order valence-corrected chi connectivity index (χ2v) is 6.95. The molecule has 0 fully saturated rings. The summed E-state index contributed by atoms with van der Waals surface area (Å²) in [6, 6.07) is 16.4. The fraction of sp³-hybridized carbons (Fsp3) is 0.286. The molecule has 140 valence electrons. The van der Waals surface area contributed by atoms with E-state index in [4.69, 9.17) is 4.74 Å². The van der Waals surface area contributed by atoms with Crippen LogP contribution in [0.15, 0.2) is 58.3 Å². The van der Waals surface area contributed by atoms with E-state index in [1.54, 1.807) is 30.3 Å². The zero-order chi connectivity index (χ0) is 19.6. The first-order valence-electron chi connectivity index (χ1n) is 8.81. The van der Waals surface area contributed by atoms with Gasteiger partial charge in [0.15, 0.2) is 6.61 Å². The first-order valence-corrected chi connectivity index (χ1v) is 9.63. The molecule has 0 bridgehead atoms. The maximum Gasteiger partial charge on any atom is 0.339 e. The smallest absolute Gasteiger partial charge is 0.339 e. The number of carbonyl (C=O) groups excluding carboxylic acids is 2. The van der Waals surface area contributed by atoms with Crippen LogP contribution in [-0.4, -0.2) is 24.5 Å². The van der Waals surface area contributed by atoms with Crippen LogP contribution in [0.2, 0.25) is 0 Å². The number of nitrogens with zero attached hydrogens (tertiary/aromatic N) is 1. The Morgan fingerprint density at radius 2 is 1.70 bits per heavy atom. The highest BCUT2D eigenvalue weighted by Crippen LogP contribution is 2.32. The van der Waals surface area contributed by atoms with Crippen molar-refractivity contribution in [1.82, 2.24) is 5.32 Å². The molecule has 0 saturated carbocycles. The molecule has 0 aromatic heterocycles. The Labute approximate surface area is 163 Å². The molecule has 1 amide bonds. The number of amides is 1. The molecule has 0 saturated heterocycles. The van der Waals surface area contributed by atoms with Gasteiger partial charge in [0.1, 0.15) is 6.07 Å². The van der Waals surface area contributed by atoms with E-state index in [9.17, 15) is 14.9 Å². The van der Waals surface area contributed by atoms with Gasteiger partial charge in [-0.05, 0) is 37.1 Å². The van der Waals surface area contributed by atoms with Crippen LogP contribution in [0.25, 0.3) is 0 Å². The number of hydrogen-bond acceptors (Lipinski definition) is 5. The maximum absolute atomic E-state index is 12.5. The minimum atomic E-state index is -0.563. The van der Waals surface area contributed by atoms with Gasteiger partial charge in [-0.25, -0.2) is 4.79 Å². The Bertz CT molecular complexity index is 841. The second-order valence-electron chi connectivity index (χ2n) is 5.86. The number of nitrogens with one attached hydrogen (secondary N) is 1. The van der Waals surface area contributed by atoms with E-state index in [1.165, 1.54) is 11.8 Å². The van der Waals surface area contributed by atoms with Crippen molar-refractivity contribution in [1.29, 1.82) is 5.26 Å². The van der Waals surface area contributed by atoms with Crippen molar-refractivity contribution in [2.75, 3.05) is 6.61 Å². The SMILES string of the molecule is CCC(CC)NC(=O)COC(=O)c1ccccc1Sc1ccccc1C#N. The highest BCUT2D eigenvalue weighted by molar-refractivity contribution is 7.99. The highest BCUT2D eigenvalue weighted by Gasteiger charge is 2.17. The molecule has 1 N–H and O–H groups in total. The third-order valence-electron chi connectivity index (χ3n) is 4.02. The first kappa shape index (κ1) is 20.5. The van der Waals surface area contributed by atoms with E-state index >= 15 is 0 Å². The second kappa shape index (κ2) is 10.4. The molecule has 6 heteroatoms. The van der Waals surface area contributed by atoms with E-state index in [0.29, 0.717) is 16.0 Å². The molecule has 2 rings (SSSR count). The van der Waals surface area contributed by atoms with Gasteiger partial charge in [0, 0.05) is 15.8 Å². The molecule has 0 radical (unpaired) electrons. The Hall–Kier alpha value is -2.78. The number of nitriles is 1. The van der Waals surface area contributed by atoms with Crippen LogP contribution in [0.3, 0.4) is 0 Å². The Balaban J connectivity index is 2.07. The summed E-state index contributed by atoms with van der Waals surface area (Å²) >= 11 is 1.32. The van der Waals surface area contributed by atoms with E-state index in [2.05, 4.69) is 11.4 Å². The molecule has 0 aliphatic rings. The summed E-state index contributed by atoms with van der Waals surface area (Å²) in [7, 11) is 0. The number of benzene rings is 2. The number of carbonyl (C=O) groups is 2. The molecule has 0 spiro atoms. The fourth-order valence-corrected chi connectivity index (χ4v) is 3.48. The third-order valence-corrected chi connectivity index (χ3v) is 5.17. The predicted octanol–water partition coefficient (Wildman–Crippen LogP) is 4.17. The number of ether oxygens (including phenoxy) is 1. The zero-order valence-electron chi connectivity index (χ0n) is 15.4. The van der Waals surface area contributed by atoms with Crippen LogP contribution >= 0.6 is 11.8 Å². The molecule has 5 nitrogen and oxygen atoms in total. The Morgan fingerprint density at radius 1 is 1.07 bits per heavy atom. The van der Waals surface area contributed by atoms with Crippen molar-refractivity contribution in [2.24, 2.45) is 0 Å². The van der Waals surface area contributed by atoms with Crippen LogP contribution < -0.4 is 5.32 Å². The molecule has 0 heterocycles. The molecule has 0 aliphatic carbocycles. The zero-order valence-corrected chi connectivity index (χ0v) is 16.2. The van der Waals surface area contributed by atoms with Gasteiger partial charge in [0.05, 0.1) is 11.1 Å². The summed E-state index contributed by atoms with van der Waals surface area (Å²) < 4.78 is 5.19. The average molecular weight is 382 g/mol. The van der Waals surface area contributed by atoms with Crippen molar-refractivity contribution < 1.29 is 14.3 Å². The van der Waals surface area contributed by atoms with Crippen LogP contribution in [0.5, 0.6) is 0 Å². The van der Waals surface area contributed by atoms with Gasteiger partial charge in [-0.1, -0.05) is 49.9 Å². The normalized spacial score (nSPS) is 10.3. The molecule has 2 aromatic rings. The summed E-state index contributed by atoms with van der Waals surface area (Å²) in [6.07, 6.45) is 1.65. The minimum Gasteiger partial charge on any atom is -0.452 e. The lowest BCUT2D eigenvalue weighted by atomic mass is 10.2. The number of hydrogen-bond donors (Lipinski definition) is 1. The van der Waals surface area contributed by atoms with E-state index in [0.717, 1.165) is 17.7 Å². The van der Waals surface area contributed by atoms with Gasteiger partial charge >= 0.3 is 5.97 Å². The van der Waals surface area contributed by atoms with Gasteiger partial charge in [-0.3, -0.25) is 4.79 Å². The quantitative estimate of drug-likeness (QED) is 0.693. The molecule has 2 aromatic carbocycles. The van der Waals surface area contributed by atoms with Crippen molar-refractivity contribution in [3.63, 3.8) is 0 Å². The van der Waals surface area contributed by atoms with Crippen LogP contribution in [0, 0.1) is 11.3 Å². The average Bonchev–Trinajstić information content (AvgIpc) is 2.71. The third kappa shape index (κ3) is 5.87. The lowest BCUT2D eigenvalue weighted by molar-refractivity contribution is -0.125. The first-order chi connectivity index (χ1) is 13.1. The largest absolute Gasteiger partial charge is 0.452 e. The molecule has 27 heavy (non-hydrogen) atoms.